The quantitative estimate of drug-likeness (QED) is 0.176. The highest BCUT2D eigenvalue weighted by atomic mass is 15.1. The summed E-state index contributed by atoms with van der Waals surface area (Å²) in [4.78, 5) is 5.32. The number of hydrogen-bond acceptors (Lipinski definition) is 1. The van der Waals surface area contributed by atoms with Gasteiger partial charge in [0.05, 0.1) is 27.6 Å². The van der Waals surface area contributed by atoms with Gasteiger partial charge in [-0.2, -0.15) is 0 Å². The number of aromatic nitrogens is 3. The maximum atomic E-state index is 5.32. The van der Waals surface area contributed by atoms with Crippen molar-refractivity contribution in [2.24, 2.45) is 0 Å². The molecule has 0 bridgehead atoms. The molecule has 11 rings (SSSR count). The molecule has 3 heterocycles. The summed E-state index contributed by atoms with van der Waals surface area (Å²) in [6.45, 7) is 0. The van der Waals surface area contributed by atoms with Crippen molar-refractivity contribution in [2.45, 2.75) is 12.3 Å². The summed E-state index contributed by atoms with van der Waals surface area (Å²) in [5.41, 5.74) is 13.1. The molecule has 0 N–H and O–H groups in total. The van der Waals surface area contributed by atoms with Gasteiger partial charge in [0.15, 0.2) is 0 Å². The molecule has 10 aromatic rings. The minimum absolute atomic E-state index is 0.386. The second kappa shape index (κ2) is 12.3. The Morgan fingerprint density at radius 3 is 1.69 bits per heavy atom. The standard InChI is InChI=1S/C51H35N3/c1-3-13-34(14-4-1)35-23-25-36(26-24-35)43-33-51(52-46-20-10-7-17-40(43)46)54-48-22-12-9-19-42(48)45-32-38(28-30-50(45)54)37-27-29-49-44(31-37)41-18-8-11-21-47(41)53(49)39-15-5-2-6-16-39/h1-23,25-33,35H,24H2. The summed E-state index contributed by atoms with van der Waals surface area (Å²) in [7, 11) is 0. The molecular weight excluding hydrogens is 655 g/mol. The lowest BCUT2D eigenvalue weighted by Gasteiger charge is -2.19. The lowest BCUT2D eigenvalue weighted by molar-refractivity contribution is 0.857. The first-order chi connectivity index (χ1) is 26.8. The second-order valence-corrected chi connectivity index (χ2v) is 14.3. The number of hydrogen-bond donors (Lipinski definition) is 0. The number of benzene rings is 7. The fourth-order valence-corrected chi connectivity index (χ4v) is 8.69. The van der Waals surface area contributed by atoms with Gasteiger partial charge in [-0.1, -0.05) is 133 Å². The Kier molecular flexibility index (Phi) is 6.99. The van der Waals surface area contributed by atoms with Crippen LogP contribution in [0, 0.1) is 0 Å². The number of para-hydroxylation sites is 4. The van der Waals surface area contributed by atoms with Gasteiger partial charge >= 0.3 is 0 Å². The van der Waals surface area contributed by atoms with Crippen LogP contribution in [0.3, 0.4) is 0 Å². The van der Waals surface area contributed by atoms with Gasteiger partial charge in [0.1, 0.15) is 5.82 Å². The second-order valence-electron chi connectivity index (χ2n) is 14.3. The van der Waals surface area contributed by atoms with E-state index in [0.29, 0.717) is 5.92 Å². The zero-order chi connectivity index (χ0) is 35.6. The third-order valence-electron chi connectivity index (χ3n) is 11.3. The van der Waals surface area contributed by atoms with Gasteiger partial charge in [-0.3, -0.25) is 4.57 Å². The minimum Gasteiger partial charge on any atom is -0.309 e. The fraction of sp³-hybridized carbons (Fsp3) is 0.0392. The van der Waals surface area contributed by atoms with Crippen LogP contribution in [-0.4, -0.2) is 14.1 Å². The molecule has 1 aliphatic carbocycles. The predicted octanol–water partition coefficient (Wildman–Crippen LogP) is 13.2. The van der Waals surface area contributed by atoms with E-state index in [9.17, 15) is 0 Å². The van der Waals surface area contributed by atoms with Crippen LogP contribution < -0.4 is 0 Å². The molecule has 0 saturated heterocycles. The zero-order valence-corrected chi connectivity index (χ0v) is 29.6. The van der Waals surface area contributed by atoms with E-state index in [2.05, 4.69) is 203 Å². The Morgan fingerprint density at radius 2 is 1.02 bits per heavy atom. The minimum atomic E-state index is 0.386. The highest BCUT2D eigenvalue weighted by Crippen LogP contribution is 2.40. The fourth-order valence-electron chi connectivity index (χ4n) is 8.69. The number of allylic oxidation sites excluding steroid dienone is 4. The van der Waals surface area contributed by atoms with Crippen molar-refractivity contribution in [3.05, 3.63) is 205 Å². The van der Waals surface area contributed by atoms with Crippen LogP contribution in [-0.2, 0) is 0 Å². The average molecular weight is 690 g/mol. The summed E-state index contributed by atoms with van der Waals surface area (Å²) in [6.07, 6.45) is 8.03. The molecule has 3 aromatic heterocycles. The third-order valence-corrected chi connectivity index (χ3v) is 11.3. The molecule has 3 nitrogen and oxygen atoms in total. The van der Waals surface area contributed by atoms with E-state index in [0.717, 1.165) is 28.8 Å². The van der Waals surface area contributed by atoms with Gasteiger partial charge in [-0.05, 0) is 94.9 Å². The molecule has 0 spiro atoms. The van der Waals surface area contributed by atoms with E-state index in [1.165, 1.54) is 71.5 Å². The summed E-state index contributed by atoms with van der Waals surface area (Å²) < 4.78 is 4.72. The topological polar surface area (TPSA) is 22.8 Å². The van der Waals surface area contributed by atoms with E-state index in [4.69, 9.17) is 4.98 Å². The molecule has 0 amide bonds. The number of pyridine rings is 1. The van der Waals surface area contributed by atoms with Crippen molar-refractivity contribution >= 4 is 60.1 Å². The smallest absolute Gasteiger partial charge is 0.138 e. The van der Waals surface area contributed by atoms with Crippen LogP contribution in [0.15, 0.2) is 194 Å². The number of fused-ring (bicyclic) bond motifs is 7. The van der Waals surface area contributed by atoms with Gasteiger partial charge in [0.2, 0.25) is 0 Å². The maximum Gasteiger partial charge on any atom is 0.138 e. The van der Waals surface area contributed by atoms with Crippen molar-refractivity contribution in [3.8, 4) is 22.6 Å². The number of rotatable bonds is 5. The molecule has 1 unspecified atom stereocenters. The Morgan fingerprint density at radius 1 is 0.463 bits per heavy atom. The van der Waals surface area contributed by atoms with E-state index >= 15 is 0 Å². The number of nitrogens with zero attached hydrogens (tertiary/aromatic N) is 3. The maximum absolute atomic E-state index is 5.32. The zero-order valence-electron chi connectivity index (χ0n) is 29.6. The van der Waals surface area contributed by atoms with Crippen molar-refractivity contribution in [3.63, 3.8) is 0 Å². The van der Waals surface area contributed by atoms with Crippen LogP contribution in [0.1, 0.15) is 23.5 Å². The summed E-state index contributed by atoms with van der Waals surface area (Å²) in [5.74, 6) is 1.31. The summed E-state index contributed by atoms with van der Waals surface area (Å²) in [6, 6.07) is 63.6. The molecule has 0 saturated carbocycles. The van der Waals surface area contributed by atoms with Gasteiger partial charge in [-0.25, -0.2) is 4.98 Å². The van der Waals surface area contributed by atoms with E-state index < -0.39 is 0 Å². The molecule has 254 valence electrons. The SMILES string of the molecule is C1=CC(c2ccccc2)CC=C1c1cc(-n2c3ccccc3c3cc(-c4ccc5c(c4)c4ccccc4n5-c4ccccc4)ccc32)nc2ccccc12. The highest BCUT2D eigenvalue weighted by molar-refractivity contribution is 6.13. The summed E-state index contributed by atoms with van der Waals surface area (Å²) >= 11 is 0. The molecule has 0 aliphatic heterocycles. The molecule has 0 radical (unpaired) electrons. The Hall–Kier alpha value is -6.97. The molecule has 1 atom stereocenters. The monoisotopic (exact) mass is 689 g/mol. The molecule has 0 fully saturated rings. The van der Waals surface area contributed by atoms with Crippen molar-refractivity contribution < 1.29 is 0 Å². The first-order valence-electron chi connectivity index (χ1n) is 18.7. The first kappa shape index (κ1) is 30.6. The van der Waals surface area contributed by atoms with Crippen LogP contribution in [0.5, 0.6) is 0 Å². The van der Waals surface area contributed by atoms with Crippen LogP contribution in [0.2, 0.25) is 0 Å². The van der Waals surface area contributed by atoms with Gasteiger partial charge in [0, 0.05) is 38.5 Å². The van der Waals surface area contributed by atoms with E-state index in [1.54, 1.807) is 0 Å². The van der Waals surface area contributed by atoms with Crippen LogP contribution in [0.4, 0.5) is 0 Å². The average Bonchev–Trinajstić information content (AvgIpc) is 3.76. The molecule has 1 aliphatic rings. The molecule has 54 heavy (non-hydrogen) atoms. The van der Waals surface area contributed by atoms with Crippen LogP contribution >= 0.6 is 0 Å². The predicted molar refractivity (Wildman–Crippen MR) is 227 cm³/mol. The first-order valence-corrected chi connectivity index (χ1v) is 18.7. The van der Waals surface area contributed by atoms with Gasteiger partial charge < -0.3 is 4.57 Å². The Labute approximate surface area is 313 Å². The lowest BCUT2D eigenvalue weighted by Crippen LogP contribution is -2.02. The molecule has 3 heteroatoms. The van der Waals surface area contributed by atoms with E-state index in [1.807, 2.05) is 0 Å². The van der Waals surface area contributed by atoms with Crippen molar-refractivity contribution in [1.82, 2.24) is 14.1 Å². The van der Waals surface area contributed by atoms with Gasteiger partial charge in [-0.15, -0.1) is 0 Å². The lowest BCUT2D eigenvalue weighted by atomic mass is 9.87. The normalized spacial score (nSPS) is 14.4. The van der Waals surface area contributed by atoms with E-state index in [-0.39, 0.29) is 0 Å². The molecular formula is C51H35N3. The Balaban J connectivity index is 1.05. The van der Waals surface area contributed by atoms with Crippen LogP contribution in [0.25, 0.3) is 82.7 Å². The van der Waals surface area contributed by atoms with Crippen molar-refractivity contribution in [2.75, 3.05) is 0 Å². The van der Waals surface area contributed by atoms with Gasteiger partial charge in [0.25, 0.3) is 0 Å². The summed E-state index contributed by atoms with van der Waals surface area (Å²) in [5, 5.41) is 6.11. The molecule has 7 aromatic carbocycles. The van der Waals surface area contributed by atoms with Crippen molar-refractivity contribution in [1.29, 1.82) is 0 Å². The largest absolute Gasteiger partial charge is 0.309 e. The third kappa shape index (κ3) is 4.86. The Bertz CT molecular complexity index is 3120. The highest BCUT2D eigenvalue weighted by Gasteiger charge is 2.19.